The molecule has 1 amide bonds. The van der Waals surface area contributed by atoms with Gasteiger partial charge in [-0.2, -0.15) is 0 Å². The summed E-state index contributed by atoms with van der Waals surface area (Å²) in [5, 5.41) is 0. The third-order valence-corrected chi connectivity index (χ3v) is 1.61. The highest BCUT2D eigenvalue weighted by Crippen LogP contribution is 1.98. The molecule has 0 aliphatic carbocycles. The Hall–Kier alpha value is -1.52. The first-order chi connectivity index (χ1) is 6.11. The lowest BCUT2D eigenvalue weighted by Crippen LogP contribution is -2.23. The molecule has 0 atom stereocenters. The molecule has 0 fully saturated rings. The number of rotatable bonds is 2. The van der Waals surface area contributed by atoms with E-state index in [1.165, 1.54) is 4.90 Å². The number of hydrogen-bond acceptors (Lipinski definition) is 3. The molecule has 0 N–H and O–H groups in total. The van der Waals surface area contributed by atoms with Crippen molar-refractivity contribution in [2.75, 3.05) is 14.1 Å². The Morgan fingerprint density at radius 1 is 1.69 bits per heavy atom. The van der Waals surface area contributed by atoms with Crippen LogP contribution in [0.25, 0.3) is 0 Å². The smallest absolute Gasteiger partial charge is 0.409 e. The molecule has 0 saturated carbocycles. The number of amides is 1. The van der Waals surface area contributed by atoms with Gasteiger partial charge in [-0.1, -0.05) is 0 Å². The van der Waals surface area contributed by atoms with Crippen LogP contribution in [0.3, 0.4) is 0 Å². The first-order valence-corrected chi connectivity index (χ1v) is 3.91. The Balaban J connectivity index is 2.44. The third kappa shape index (κ3) is 2.47. The van der Waals surface area contributed by atoms with E-state index in [2.05, 4.69) is 4.98 Å². The number of aryl methyl sites for hydroxylation is 1. The SMILES string of the molecule is CN(C)C(=O)OCc1nccn1C. The summed E-state index contributed by atoms with van der Waals surface area (Å²) in [7, 11) is 5.13. The van der Waals surface area contributed by atoms with Crippen molar-refractivity contribution < 1.29 is 9.53 Å². The molecule has 1 aromatic heterocycles. The van der Waals surface area contributed by atoms with E-state index in [1.54, 1.807) is 26.5 Å². The zero-order chi connectivity index (χ0) is 9.84. The minimum absolute atomic E-state index is 0.209. The zero-order valence-electron chi connectivity index (χ0n) is 8.02. The van der Waals surface area contributed by atoms with Gasteiger partial charge in [0.1, 0.15) is 5.82 Å². The predicted molar refractivity (Wildman–Crippen MR) is 47.1 cm³/mol. The number of aromatic nitrogens is 2. The molecule has 1 rings (SSSR count). The Labute approximate surface area is 76.9 Å². The maximum absolute atomic E-state index is 11.0. The summed E-state index contributed by atoms with van der Waals surface area (Å²) in [6.07, 6.45) is 3.11. The van der Waals surface area contributed by atoms with Gasteiger partial charge in [-0.05, 0) is 0 Å². The predicted octanol–water partition coefficient (Wildman–Crippen LogP) is 0.618. The molecule has 0 spiro atoms. The second-order valence-electron chi connectivity index (χ2n) is 2.90. The average molecular weight is 183 g/mol. The van der Waals surface area contributed by atoms with Crippen molar-refractivity contribution in [3.63, 3.8) is 0 Å². The van der Waals surface area contributed by atoms with Crippen LogP contribution in [0.5, 0.6) is 0 Å². The first kappa shape index (κ1) is 9.57. The van der Waals surface area contributed by atoms with Crippen LogP contribution in [0.1, 0.15) is 5.82 Å². The molecule has 5 nitrogen and oxygen atoms in total. The van der Waals surface area contributed by atoms with E-state index in [-0.39, 0.29) is 12.7 Å². The molecule has 0 bridgehead atoms. The van der Waals surface area contributed by atoms with Gasteiger partial charge < -0.3 is 14.2 Å². The number of carbonyl (C=O) groups excluding carboxylic acids is 1. The lowest BCUT2D eigenvalue weighted by molar-refractivity contribution is 0.108. The summed E-state index contributed by atoms with van der Waals surface area (Å²) in [5.74, 6) is 0.732. The largest absolute Gasteiger partial charge is 0.441 e. The summed E-state index contributed by atoms with van der Waals surface area (Å²) >= 11 is 0. The lowest BCUT2D eigenvalue weighted by Gasteiger charge is -2.10. The third-order valence-electron chi connectivity index (χ3n) is 1.61. The fraction of sp³-hybridized carbons (Fsp3) is 0.500. The van der Waals surface area contributed by atoms with Crippen LogP contribution in [-0.2, 0) is 18.4 Å². The van der Waals surface area contributed by atoms with Crippen LogP contribution in [0, 0.1) is 0 Å². The van der Waals surface area contributed by atoms with E-state index in [0.29, 0.717) is 0 Å². The number of carbonyl (C=O) groups is 1. The molecule has 0 radical (unpaired) electrons. The molecule has 5 heteroatoms. The van der Waals surface area contributed by atoms with Gasteiger partial charge in [0.25, 0.3) is 0 Å². The lowest BCUT2D eigenvalue weighted by atomic mass is 10.6. The summed E-state index contributed by atoms with van der Waals surface area (Å²) in [5.41, 5.74) is 0. The summed E-state index contributed by atoms with van der Waals surface area (Å²) in [4.78, 5) is 16.4. The molecule has 0 saturated heterocycles. The van der Waals surface area contributed by atoms with Crippen LogP contribution in [0.2, 0.25) is 0 Å². The molecular weight excluding hydrogens is 170 g/mol. The van der Waals surface area contributed by atoms with E-state index in [0.717, 1.165) is 5.82 Å². The fourth-order valence-corrected chi connectivity index (χ4v) is 0.791. The summed E-state index contributed by atoms with van der Waals surface area (Å²) in [6, 6.07) is 0. The van der Waals surface area contributed by atoms with Crippen molar-refractivity contribution in [1.82, 2.24) is 14.5 Å². The van der Waals surface area contributed by atoms with Crippen molar-refractivity contribution in [3.8, 4) is 0 Å². The highest BCUT2D eigenvalue weighted by molar-refractivity contribution is 5.66. The summed E-state index contributed by atoms with van der Waals surface area (Å²) < 4.78 is 6.74. The van der Waals surface area contributed by atoms with Crippen LogP contribution in [0.4, 0.5) is 4.79 Å². The minimum Gasteiger partial charge on any atom is -0.441 e. The van der Waals surface area contributed by atoms with Crippen LogP contribution in [-0.4, -0.2) is 34.6 Å². The monoisotopic (exact) mass is 183 g/mol. The van der Waals surface area contributed by atoms with E-state index < -0.39 is 0 Å². The van der Waals surface area contributed by atoms with E-state index in [9.17, 15) is 4.79 Å². The standard InChI is InChI=1S/C8H13N3O2/c1-10(2)8(12)13-6-7-9-4-5-11(7)3/h4-5H,6H2,1-3H3. The van der Waals surface area contributed by atoms with Crippen molar-refractivity contribution in [1.29, 1.82) is 0 Å². The fourth-order valence-electron chi connectivity index (χ4n) is 0.791. The van der Waals surface area contributed by atoms with Gasteiger partial charge in [0.2, 0.25) is 0 Å². The molecule has 0 aromatic carbocycles. The van der Waals surface area contributed by atoms with Gasteiger partial charge in [0.15, 0.2) is 6.61 Å². The van der Waals surface area contributed by atoms with E-state index in [1.807, 2.05) is 11.6 Å². The second-order valence-corrected chi connectivity index (χ2v) is 2.90. The highest BCUT2D eigenvalue weighted by atomic mass is 16.6. The molecule has 0 aliphatic heterocycles. The second kappa shape index (κ2) is 3.93. The van der Waals surface area contributed by atoms with Crippen LogP contribution in [0.15, 0.2) is 12.4 Å². The Morgan fingerprint density at radius 3 is 2.85 bits per heavy atom. The minimum atomic E-state index is -0.358. The molecule has 1 aromatic rings. The van der Waals surface area contributed by atoms with E-state index >= 15 is 0 Å². The zero-order valence-corrected chi connectivity index (χ0v) is 8.02. The Kier molecular flexibility index (Phi) is 2.89. The summed E-state index contributed by atoms with van der Waals surface area (Å²) in [6.45, 7) is 0.209. The topological polar surface area (TPSA) is 47.4 Å². The average Bonchev–Trinajstić information content (AvgIpc) is 2.47. The maximum Gasteiger partial charge on any atom is 0.409 e. The van der Waals surface area contributed by atoms with Gasteiger partial charge in [-0.25, -0.2) is 9.78 Å². The number of nitrogens with zero attached hydrogens (tertiary/aromatic N) is 3. The Morgan fingerprint density at radius 2 is 2.38 bits per heavy atom. The highest BCUT2D eigenvalue weighted by Gasteiger charge is 2.06. The van der Waals surface area contributed by atoms with Crippen LogP contribution >= 0.6 is 0 Å². The van der Waals surface area contributed by atoms with Crippen molar-refractivity contribution in [3.05, 3.63) is 18.2 Å². The maximum atomic E-state index is 11.0. The quantitative estimate of drug-likeness (QED) is 0.675. The van der Waals surface area contributed by atoms with Crippen molar-refractivity contribution in [2.24, 2.45) is 7.05 Å². The van der Waals surface area contributed by atoms with Crippen molar-refractivity contribution in [2.45, 2.75) is 6.61 Å². The number of hydrogen-bond donors (Lipinski definition) is 0. The molecule has 0 unspecified atom stereocenters. The molecule has 0 aliphatic rings. The number of imidazole rings is 1. The van der Waals surface area contributed by atoms with Crippen LogP contribution < -0.4 is 0 Å². The first-order valence-electron chi connectivity index (χ1n) is 3.91. The molecule has 13 heavy (non-hydrogen) atoms. The molecular formula is C8H13N3O2. The normalized spacial score (nSPS) is 9.77. The van der Waals surface area contributed by atoms with Gasteiger partial charge in [-0.3, -0.25) is 0 Å². The molecule has 72 valence electrons. The van der Waals surface area contributed by atoms with E-state index in [4.69, 9.17) is 4.74 Å². The van der Waals surface area contributed by atoms with Gasteiger partial charge >= 0.3 is 6.09 Å². The van der Waals surface area contributed by atoms with Gasteiger partial charge in [-0.15, -0.1) is 0 Å². The Bertz CT molecular complexity index is 293. The van der Waals surface area contributed by atoms with Gasteiger partial charge in [0.05, 0.1) is 0 Å². The van der Waals surface area contributed by atoms with Gasteiger partial charge in [0, 0.05) is 33.5 Å². The number of ether oxygens (including phenoxy) is 1. The van der Waals surface area contributed by atoms with Crippen molar-refractivity contribution >= 4 is 6.09 Å². The molecule has 1 heterocycles.